The molecule has 7 nitrogen and oxygen atoms in total. The summed E-state index contributed by atoms with van der Waals surface area (Å²) in [6.07, 6.45) is 6.32. The zero-order valence-corrected chi connectivity index (χ0v) is 20.3. The molecule has 1 N–H and O–H groups in total. The number of nitrogens with zero attached hydrogens (tertiary/aromatic N) is 1. The van der Waals surface area contributed by atoms with Crippen LogP contribution in [0.25, 0.3) is 0 Å². The van der Waals surface area contributed by atoms with Gasteiger partial charge in [0.05, 0.1) is 11.9 Å². The lowest BCUT2D eigenvalue weighted by atomic mass is 9.90. The molecule has 1 saturated carbocycles. The Morgan fingerprint density at radius 3 is 2.45 bits per heavy atom. The van der Waals surface area contributed by atoms with E-state index in [1.165, 1.54) is 6.92 Å². The summed E-state index contributed by atoms with van der Waals surface area (Å²) in [7, 11) is 0. The van der Waals surface area contributed by atoms with Gasteiger partial charge < -0.3 is 15.0 Å². The molecule has 2 atom stereocenters. The molecule has 0 bridgehead atoms. The molecule has 1 aromatic rings. The van der Waals surface area contributed by atoms with E-state index in [0.717, 1.165) is 55.9 Å². The van der Waals surface area contributed by atoms with E-state index >= 15 is 0 Å². The lowest BCUT2D eigenvalue weighted by Crippen LogP contribution is -2.57. The Kier molecular flexibility index (Phi) is 8.95. The zero-order valence-electron chi connectivity index (χ0n) is 19.5. The number of likely N-dealkylation sites (tertiary alicyclic amines) is 1. The third-order valence-corrected chi connectivity index (χ3v) is 7.58. The second kappa shape index (κ2) is 11.7. The second-order valence-electron chi connectivity index (χ2n) is 8.90. The predicted octanol–water partition coefficient (Wildman–Crippen LogP) is 3.25. The molecule has 1 unspecified atom stereocenters. The molecule has 2 amide bonds. The van der Waals surface area contributed by atoms with Crippen LogP contribution in [0.2, 0.25) is 0 Å². The van der Waals surface area contributed by atoms with Crippen LogP contribution in [0.3, 0.4) is 0 Å². The number of amides is 2. The molecule has 33 heavy (non-hydrogen) atoms. The maximum Gasteiger partial charge on any atom is 0.325 e. The second-order valence-corrected chi connectivity index (χ2v) is 10.3. The summed E-state index contributed by atoms with van der Waals surface area (Å²) < 4.78 is 5.14. The molecule has 2 fully saturated rings. The normalized spacial score (nSPS) is 20.8. The highest BCUT2D eigenvalue weighted by Crippen LogP contribution is 2.41. The molecule has 1 spiro atoms. The van der Waals surface area contributed by atoms with Crippen LogP contribution in [0, 0.1) is 0 Å². The van der Waals surface area contributed by atoms with Crippen LogP contribution >= 0.6 is 11.8 Å². The highest BCUT2D eigenvalue weighted by Gasteiger charge is 2.47. The number of hydrogen-bond acceptors (Lipinski definition) is 6. The molecule has 180 valence electrons. The van der Waals surface area contributed by atoms with E-state index in [0.29, 0.717) is 12.8 Å². The van der Waals surface area contributed by atoms with Gasteiger partial charge in [-0.2, -0.15) is 0 Å². The van der Waals surface area contributed by atoms with Gasteiger partial charge in [-0.25, -0.2) is 0 Å². The van der Waals surface area contributed by atoms with Crippen molar-refractivity contribution in [3.05, 3.63) is 35.9 Å². The van der Waals surface area contributed by atoms with Crippen LogP contribution in [0.5, 0.6) is 0 Å². The SMILES string of the molecule is CCOC(=O)CN1C(=O)C(NC(=O)[C@H](Cc2ccccc2)SC(C)=O)CCCC12CCCC2. The van der Waals surface area contributed by atoms with Crippen molar-refractivity contribution in [2.45, 2.75) is 82.0 Å². The van der Waals surface area contributed by atoms with Crippen molar-refractivity contribution in [3.63, 3.8) is 0 Å². The van der Waals surface area contributed by atoms with Gasteiger partial charge in [0.15, 0.2) is 5.12 Å². The van der Waals surface area contributed by atoms with Crippen molar-refractivity contribution in [1.82, 2.24) is 10.2 Å². The van der Waals surface area contributed by atoms with E-state index in [4.69, 9.17) is 4.74 Å². The van der Waals surface area contributed by atoms with Crippen molar-refractivity contribution in [2.24, 2.45) is 0 Å². The first kappa shape index (κ1) is 25.3. The van der Waals surface area contributed by atoms with E-state index in [1.54, 1.807) is 11.8 Å². The van der Waals surface area contributed by atoms with Gasteiger partial charge in [0.2, 0.25) is 11.8 Å². The highest BCUT2D eigenvalue weighted by molar-refractivity contribution is 8.14. The monoisotopic (exact) mass is 474 g/mol. The average molecular weight is 475 g/mol. The fraction of sp³-hybridized carbons (Fsp3) is 0.600. The Bertz CT molecular complexity index is 854. The molecule has 0 radical (unpaired) electrons. The van der Waals surface area contributed by atoms with Crippen LogP contribution in [-0.2, 0) is 30.3 Å². The molecule has 0 aromatic heterocycles. The first-order valence-corrected chi connectivity index (χ1v) is 12.7. The summed E-state index contributed by atoms with van der Waals surface area (Å²) >= 11 is 0.984. The summed E-state index contributed by atoms with van der Waals surface area (Å²) in [5, 5.41) is 2.15. The predicted molar refractivity (Wildman–Crippen MR) is 128 cm³/mol. The van der Waals surface area contributed by atoms with Crippen LogP contribution in [0.1, 0.15) is 64.4 Å². The number of benzene rings is 1. The number of rotatable bonds is 8. The van der Waals surface area contributed by atoms with E-state index in [-0.39, 0.29) is 35.6 Å². The standard InChI is InChI=1S/C25H34N2O5S/c1-3-32-22(29)17-27-24(31)20(12-9-15-25(27)13-7-8-14-25)26-23(30)21(33-18(2)28)16-19-10-5-4-6-11-19/h4-6,10-11,20-21H,3,7-9,12-17H2,1-2H3,(H,26,30)/t20?,21-/m0/s1. The Morgan fingerprint density at radius 2 is 1.82 bits per heavy atom. The first-order chi connectivity index (χ1) is 15.8. The van der Waals surface area contributed by atoms with Crippen molar-refractivity contribution >= 4 is 34.7 Å². The maximum absolute atomic E-state index is 13.6. The fourth-order valence-corrected chi connectivity index (χ4v) is 5.92. The third kappa shape index (κ3) is 6.59. The molecule has 1 heterocycles. The Labute approximate surface area is 200 Å². The molecule has 2 aliphatic rings. The van der Waals surface area contributed by atoms with Gasteiger partial charge >= 0.3 is 5.97 Å². The van der Waals surface area contributed by atoms with E-state index in [1.807, 2.05) is 30.3 Å². The molecule has 8 heteroatoms. The molecular formula is C25H34N2O5S. The van der Waals surface area contributed by atoms with Gasteiger partial charge in [-0.15, -0.1) is 0 Å². The minimum atomic E-state index is -0.710. The lowest BCUT2D eigenvalue weighted by Gasteiger charge is -2.40. The van der Waals surface area contributed by atoms with Crippen molar-refractivity contribution < 1.29 is 23.9 Å². The Balaban J connectivity index is 1.77. The van der Waals surface area contributed by atoms with Gasteiger partial charge in [0.25, 0.3) is 0 Å². The number of ether oxygens (including phenoxy) is 1. The van der Waals surface area contributed by atoms with Crippen LogP contribution in [0.15, 0.2) is 30.3 Å². The van der Waals surface area contributed by atoms with Gasteiger partial charge in [-0.05, 0) is 51.0 Å². The van der Waals surface area contributed by atoms with Crippen LogP contribution < -0.4 is 5.32 Å². The average Bonchev–Trinajstić information content (AvgIpc) is 3.21. The zero-order chi connectivity index (χ0) is 23.8. The van der Waals surface area contributed by atoms with E-state index in [9.17, 15) is 19.2 Å². The molecule has 1 aromatic carbocycles. The number of hydrogen-bond donors (Lipinski definition) is 1. The topological polar surface area (TPSA) is 92.8 Å². The number of carbonyl (C=O) groups is 4. The van der Waals surface area contributed by atoms with E-state index < -0.39 is 17.3 Å². The van der Waals surface area contributed by atoms with Gasteiger partial charge in [-0.1, -0.05) is 54.9 Å². The van der Waals surface area contributed by atoms with Crippen molar-refractivity contribution in [1.29, 1.82) is 0 Å². The van der Waals surface area contributed by atoms with Gasteiger partial charge in [0.1, 0.15) is 12.6 Å². The molecule has 3 rings (SSSR count). The van der Waals surface area contributed by atoms with E-state index in [2.05, 4.69) is 5.32 Å². The summed E-state index contributed by atoms with van der Waals surface area (Å²) in [5.74, 6) is -0.962. The van der Waals surface area contributed by atoms with Crippen molar-refractivity contribution in [2.75, 3.05) is 13.2 Å². The molecule has 1 saturated heterocycles. The maximum atomic E-state index is 13.6. The lowest BCUT2D eigenvalue weighted by molar-refractivity contribution is -0.154. The minimum Gasteiger partial charge on any atom is -0.465 e. The summed E-state index contributed by atoms with van der Waals surface area (Å²) in [6, 6.07) is 8.82. The van der Waals surface area contributed by atoms with Crippen LogP contribution in [-0.4, -0.2) is 57.8 Å². The molecule has 1 aliphatic carbocycles. The van der Waals surface area contributed by atoms with Gasteiger partial charge in [0, 0.05) is 12.5 Å². The number of nitrogens with one attached hydrogen (secondary N) is 1. The third-order valence-electron chi connectivity index (χ3n) is 6.58. The van der Waals surface area contributed by atoms with Crippen molar-refractivity contribution in [3.8, 4) is 0 Å². The molecule has 1 aliphatic heterocycles. The van der Waals surface area contributed by atoms with Crippen LogP contribution in [0.4, 0.5) is 0 Å². The highest BCUT2D eigenvalue weighted by atomic mass is 32.2. The number of carbonyl (C=O) groups excluding carboxylic acids is 4. The largest absolute Gasteiger partial charge is 0.465 e. The smallest absolute Gasteiger partial charge is 0.325 e. The Hall–Kier alpha value is -2.35. The van der Waals surface area contributed by atoms with Gasteiger partial charge in [-0.3, -0.25) is 19.2 Å². The summed E-state index contributed by atoms with van der Waals surface area (Å²) in [6.45, 7) is 3.36. The fourth-order valence-electron chi connectivity index (χ4n) is 5.06. The summed E-state index contributed by atoms with van der Waals surface area (Å²) in [5.41, 5.74) is 0.619. The quantitative estimate of drug-likeness (QED) is 0.582. The number of thioether (sulfide) groups is 1. The first-order valence-electron chi connectivity index (χ1n) is 11.8. The molecular weight excluding hydrogens is 440 g/mol. The number of esters is 1. The summed E-state index contributed by atoms with van der Waals surface area (Å²) in [4.78, 5) is 52.7. The minimum absolute atomic E-state index is 0.0886. The Morgan fingerprint density at radius 1 is 1.15 bits per heavy atom.